The highest BCUT2D eigenvalue weighted by molar-refractivity contribution is 6.40. The van der Waals surface area contributed by atoms with Crippen molar-refractivity contribution in [2.45, 2.75) is 6.92 Å². The number of anilines is 1. The molecule has 0 fully saturated rings. The van der Waals surface area contributed by atoms with Crippen LogP contribution < -0.4 is 5.32 Å². The number of esters is 1. The molecule has 2 N–H and O–H groups in total. The van der Waals surface area contributed by atoms with E-state index in [4.69, 9.17) is 27.9 Å². The van der Waals surface area contributed by atoms with Crippen LogP contribution in [0.25, 0.3) is 11.3 Å². The van der Waals surface area contributed by atoms with Gasteiger partial charge in [-0.25, -0.2) is 4.79 Å². The van der Waals surface area contributed by atoms with E-state index in [1.165, 1.54) is 0 Å². The molecule has 0 bridgehead atoms. The predicted molar refractivity (Wildman–Crippen MR) is 104 cm³/mol. The lowest BCUT2D eigenvalue weighted by molar-refractivity contribution is -0.119. The number of halogens is 2. The Bertz CT molecular complexity index is 987. The van der Waals surface area contributed by atoms with Crippen LogP contribution in [0.3, 0.4) is 0 Å². The zero-order valence-corrected chi connectivity index (χ0v) is 15.8. The molecular weight excluding hydrogens is 389 g/mol. The number of aromatic nitrogens is 2. The van der Waals surface area contributed by atoms with Gasteiger partial charge in [-0.05, 0) is 24.6 Å². The van der Waals surface area contributed by atoms with Gasteiger partial charge in [0.1, 0.15) is 5.69 Å². The van der Waals surface area contributed by atoms with Crippen LogP contribution in [0.4, 0.5) is 5.69 Å². The quantitative estimate of drug-likeness (QED) is 0.614. The lowest BCUT2D eigenvalue weighted by atomic mass is 10.1. The molecule has 3 rings (SSSR count). The molecule has 0 saturated heterocycles. The number of rotatable bonds is 5. The van der Waals surface area contributed by atoms with Crippen molar-refractivity contribution in [2.24, 2.45) is 0 Å². The van der Waals surface area contributed by atoms with Crippen LogP contribution >= 0.6 is 23.2 Å². The Morgan fingerprint density at radius 2 is 1.89 bits per heavy atom. The fourth-order valence-electron chi connectivity index (χ4n) is 2.34. The Morgan fingerprint density at radius 3 is 2.63 bits per heavy atom. The van der Waals surface area contributed by atoms with Gasteiger partial charge >= 0.3 is 5.97 Å². The highest BCUT2D eigenvalue weighted by atomic mass is 35.5. The van der Waals surface area contributed by atoms with Crippen LogP contribution in [-0.2, 0) is 9.53 Å². The molecule has 138 valence electrons. The molecule has 1 amide bonds. The van der Waals surface area contributed by atoms with Crippen molar-refractivity contribution in [1.82, 2.24) is 10.2 Å². The molecule has 6 nitrogen and oxygen atoms in total. The minimum Gasteiger partial charge on any atom is -0.451 e. The van der Waals surface area contributed by atoms with Gasteiger partial charge in [0.15, 0.2) is 6.61 Å². The van der Waals surface area contributed by atoms with Gasteiger partial charge in [-0.3, -0.25) is 9.89 Å². The first-order valence-corrected chi connectivity index (χ1v) is 8.73. The molecule has 8 heteroatoms. The maximum Gasteiger partial charge on any atom is 0.356 e. The van der Waals surface area contributed by atoms with Crippen LogP contribution in [0.1, 0.15) is 16.1 Å². The topological polar surface area (TPSA) is 84.1 Å². The maximum absolute atomic E-state index is 12.1. The van der Waals surface area contributed by atoms with Gasteiger partial charge in [-0.15, -0.1) is 0 Å². The minimum atomic E-state index is -0.693. The zero-order valence-electron chi connectivity index (χ0n) is 14.3. The second-order valence-electron chi connectivity index (χ2n) is 5.71. The van der Waals surface area contributed by atoms with Crippen LogP contribution in [0, 0.1) is 6.92 Å². The zero-order chi connectivity index (χ0) is 19.4. The van der Waals surface area contributed by atoms with Crippen molar-refractivity contribution in [2.75, 3.05) is 11.9 Å². The molecule has 2 aromatic carbocycles. The third-order valence-electron chi connectivity index (χ3n) is 3.75. The number of hydrogen-bond donors (Lipinski definition) is 2. The van der Waals surface area contributed by atoms with Gasteiger partial charge in [0.2, 0.25) is 0 Å². The number of aromatic amines is 1. The summed E-state index contributed by atoms with van der Waals surface area (Å²) in [5, 5.41) is 9.86. The Balaban J connectivity index is 1.61. The number of carbonyl (C=O) groups is 2. The molecule has 1 aromatic heterocycles. The number of hydrogen-bond acceptors (Lipinski definition) is 4. The van der Waals surface area contributed by atoms with Gasteiger partial charge < -0.3 is 10.1 Å². The highest BCUT2D eigenvalue weighted by Gasteiger charge is 2.16. The van der Waals surface area contributed by atoms with Gasteiger partial charge in [0.05, 0.1) is 21.4 Å². The second-order valence-corrected chi connectivity index (χ2v) is 6.50. The van der Waals surface area contributed by atoms with Gasteiger partial charge in [-0.2, -0.15) is 5.10 Å². The third kappa shape index (κ3) is 4.48. The third-order valence-corrected chi connectivity index (χ3v) is 4.55. The summed E-state index contributed by atoms with van der Waals surface area (Å²) in [5.41, 5.74) is 2.65. The van der Waals surface area contributed by atoms with Crippen molar-refractivity contribution in [3.8, 4) is 11.3 Å². The number of carbonyl (C=O) groups excluding carboxylic acids is 2. The molecule has 0 atom stereocenters. The molecule has 0 radical (unpaired) electrons. The molecule has 0 unspecified atom stereocenters. The lowest BCUT2D eigenvalue weighted by Crippen LogP contribution is -2.21. The second kappa shape index (κ2) is 8.24. The van der Waals surface area contributed by atoms with Crippen molar-refractivity contribution in [1.29, 1.82) is 0 Å². The van der Waals surface area contributed by atoms with Crippen molar-refractivity contribution in [3.63, 3.8) is 0 Å². The molecule has 3 aromatic rings. The molecule has 0 aliphatic carbocycles. The van der Waals surface area contributed by atoms with E-state index in [2.05, 4.69) is 15.5 Å². The summed E-state index contributed by atoms with van der Waals surface area (Å²) < 4.78 is 5.01. The SMILES string of the molecule is Cc1ccc(Cl)c(NC(=O)COC(=O)c2cc(-c3ccccc3)n[nH]2)c1Cl. The first-order chi connectivity index (χ1) is 13.0. The number of H-pyrrole nitrogens is 1. The summed E-state index contributed by atoms with van der Waals surface area (Å²) in [6, 6.07) is 14.3. The Kier molecular flexibility index (Phi) is 5.78. The summed E-state index contributed by atoms with van der Waals surface area (Å²) in [6.45, 7) is 1.30. The largest absolute Gasteiger partial charge is 0.451 e. The molecular formula is C19H15Cl2N3O3. The van der Waals surface area contributed by atoms with Gasteiger partial charge in [0, 0.05) is 5.56 Å². The number of amides is 1. The summed E-state index contributed by atoms with van der Waals surface area (Å²) in [5.74, 6) is -1.25. The first kappa shape index (κ1) is 18.9. The fraction of sp³-hybridized carbons (Fsp3) is 0.105. The average Bonchev–Trinajstić information content (AvgIpc) is 3.17. The van der Waals surface area contributed by atoms with Crippen LogP contribution in [0.2, 0.25) is 10.0 Å². The average molecular weight is 404 g/mol. The van der Waals surface area contributed by atoms with Crippen LogP contribution in [0.15, 0.2) is 48.5 Å². The molecule has 27 heavy (non-hydrogen) atoms. The van der Waals surface area contributed by atoms with Gasteiger partial charge in [0.25, 0.3) is 5.91 Å². The van der Waals surface area contributed by atoms with E-state index in [1.807, 2.05) is 30.3 Å². The van der Waals surface area contributed by atoms with E-state index >= 15 is 0 Å². The van der Waals surface area contributed by atoms with Gasteiger partial charge in [-0.1, -0.05) is 59.6 Å². The normalized spacial score (nSPS) is 10.5. The minimum absolute atomic E-state index is 0.147. The lowest BCUT2D eigenvalue weighted by Gasteiger charge is -2.11. The number of ether oxygens (including phenoxy) is 1. The maximum atomic E-state index is 12.1. The highest BCUT2D eigenvalue weighted by Crippen LogP contribution is 2.32. The van der Waals surface area contributed by atoms with E-state index in [0.29, 0.717) is 15.7 Å². The Labute approximate surface area is 165 Å². The Morgan fingerprint density at radius 1 is 1.15 bits per heavy atom. The molecule has 0 aliphatic heterocycles. The number of benzene rings is 2. The van der Waals surface area contributed by atoms with Crippen LogP contribution in [0.5, 0.6) is 0 Å². The standard InChI is InChI=1S/C19H15Cl2N3O3/c1-11-7-8-13(20)18(17(11)21)22-16(25)10-27-19(26)15-9-14(23-24-15)12-5-3-2-4-6-12/h2-9H,10H2,1H3,(H,22,25)(H,23,24). The first-order valence-electron chi connectivity index (χ1n) is 7.98. The molecule has 0 spiro atoms. The number of aryl methyl sites for hydroxylation is 1. The molecule has 0 saturated carbocycles. The Hall–Kier alpha value is -2.83. The summed E-state index contributed by atoms with van der Waals surface area (Å²) in [7, 11) is 0. The van der Waals surface area contributed by atoms with E-state index in [1.54, 1.807) is 25.1 Å². The molecule has 0 aliphatic rings. The van der Waals surface area contributed by atoms with E-state index < -0.39 is 18.5 Å². The van der Waals surface area contributed by atoms with Crippen molar-refractivity contribution < 1.29 is 14.3 Å². The van der Waals surface area contributed by atoms with E-state index in [-0.39, 0.29) is 11.4 Å². The number of nitrogens with zero attached hydrogens (tertiary/aromatic N) is 1. The van der Waals surface area contributed by atoms with E-state index in [9.17, 15) is 9.59 Å². The summed E-state index contributed by atoms with van der Waals surface area (Å²) >= 11 is 12.2. The predicted octanol–water partition coefficient (Wildman–Crippen LogP) is 4.49. The van der Waals surface area contributed by atoms with E-state index in [0.717, 1.165) is 11.1 Å². The fourth-order valence-corrected chi connectivity index (χ4v) is 2.80. The molecule has 1 heterocycles. The number of nitrogens with one attached hydrogen (secondary N) is 2. The van der Waals surface area contributed by atoms with Crippen molar-refractivity contribution >= 4 is 40.8 Å². The van der Waals surface area contributed by atoms with Crippen LogP contribution in [-0.4, -0.2) is 28.7 Å². The summed E-state index contributed by atoms with van der Waals surface area (Å²) in [4.78, 5) is 24.2. The summed E-state index contributed by atoms with van der Waals surface area (Å²) in [6.07, 6.45) is 0. The smallest absolute Gasteiger partial charge is 0.356 e. The monoisotopic (exact) mass is 403 g/mol. The van der Waals surface area contributed by atoms with Crippen molar-refractivity contribution in [3.05, 3.63) is 69.8 Å².